The van der Waals surface area contributed by atoms with Gasteiger partial charge in [0, 0.05) is 11.6 Å². The summed E-state index contributed by atoms with van der Waals surface area (Å²) in [5.74, 6) is -0.116. The fraction of sp³-hybridized carbons (Fsp3) is 0.556. The minimum absolute atomic E-state index is 0.0245. The van der Waals surface area contributed by atoms with Crippen LogP contribution in [0.1, 0.15) is 62.2 Å². The molecule has 2 rings (SSSR count). The Hall–Kier alpha value is -1.84. The largest absolute Gasteiger partial charge is 0.478 e. The second-order valence-corrected chi connectivity index (χ2v) is 6.24. The maximum Gasteiger partial charge on any atom is 0.335 e. The molecule has 22 heavy (non-hydrogen) atoms. The number of anilines is 1. The Morgan fingerprint density at radius 2 is 1.95 bits per heavy atom. The van der Waals surface area contributed by atoms with E-state index in [4.69, 9.17) is 5.11 Å². The van der Waals surface area contributed by atoms with E-state index >= 15 is 0 Å². The molecule has 0 unspecified atom stereocenters. The lowest BCUT2D eigenvalue weighted by molar-refractivity contribution is -0.121. The Bertz CT molecular complexity index is 519. The zero-order valence-electron chi connectivity index (χ0n) is 13.2. The van der Waals surface area contributed by atoms with Gasteiger partial charge in [0.25, 0.3) is 0 Å². The number of carbonyl (C=O) groups is 2. The third-order valence-corrected chi connectivity index (χ3v) is 4.56. The SMILES string of the molecule is CCCCC1CCC(C(=O)Nc2cccc(C(=O)O)c2)CC1. The summed E-state index contributed by atoms with van der Waals surface area (Å²) in [4.78, 5) is 23.3. The Morgan fingerprint density at radius 3 is 2.59 bits per heavy atom. The average Bonchev–Trinajstić information content (AvgIpc) is 2.53. The molecule has 0 saturated heterocycles. The van der Waals surface area contributed by atoms with Gasteiger partial charge in [0.1, 0.15) is 0 Å². The number of unbranched alkanes of at least 4 members (excludes halogenated alkanes) is 1. The first kappa shape index (κ1) is 16.5. The molecule has 1 saturated carbocycles. The van der Waals surface area contributed by atoms with Crippen LogP contribution in [0.2, 0.25) is 0 Å². The number of carboxylic acids is 1. The van der Waals surface area contributed by atoms with Gasteiger partial charge in [-0.15, -0.1) is 0 Å². The summed E-state index contributed by atoms with van der Waals surface area (Å²) in [7, 11) is 0. The Kier molecular flexibility index (Phi) is 5.99. The van der Waals surface area contributed by atoms with Crippen LogP contribution in [0.3, 0.4) is 0 Å². The van der Waals surface area contributed by atoms with Gasteiger partial charge < -0.3 is 10.4 Å². The first-order valence-electron chi connectivity index (χ1n) is 8.24. The highest BCUT2D eigenvalue weighted by atomic mass is 16.4. The second-order valence-electron chi connectivity index (χ2n) is 6.24. The molecule has 1 aliphatic carbocycles. The molecule has 2 N–H and O–H groups in total. The number of hydrogen-bond acceptors (Lipinski definition) is 2. The average molecular weight is 303 g/mol. The van der Waals surface area contributed by atoms with E-state index in [0.29, 0.717) is 5.69 Å². The lowest BCUT2D eigenvalue weighted by Crippen LogP contribution is -2.27. The van der Waals surface area contributed by atoms with E-state index in [-0.39, 0.29) is 17.4 Å². The zero-order chi connectivity index (χ0) is 15.9. The molecule has 0 spiro atoms. The molecule has 0 aromatic heterocycles. The van der Waals surface area contributed by atoms with Crippen molar-refractivity contribution in [1.82, 2.24) is 0 Å². The molecule has 1 aliphatic rings. The molecule has 0 radical (unpaired) electrons. The number of hydrogen-bond donors (Lipinski definition) is 2. The van der Waals surface area contributed by atoms with Gasteiger partial charge in [-0.2, -0.15) is 0 Å². The molecule has 1 aromatic rings. The van der Waals surface area contributed by atoms with E-state index in [0.717, 1.165) is 31.6 Å². The minimum atomic E-state index is -0.979. The smallest absolute Gasteiger partial charge is 0.335 e. The van der Waals surface area contributed by atoms with E-state index < -0.39 is 5.97 Å². The number of carboxylic acid groups (broad SMARTS) is 1. The van der Waals surface area contributed by atoms with Gasteiger partial charge in [-0.1, -0.05) is 32.3 Å². The summed E-state index contributed by atoms with van der Waals surface area (Å²) < 4.78 is 0. The van der Waals surface area contributed by atoms with E-state index in [1.54, 1.807) is 12.1 Å². The van der Waals surface area contributed by atoms with Crippen molar-refractivity contribution in [2.24, 2.45) is 11.8 Å². The highest BCUT2D eigenvalue weighted by Gasteiger charge is 2.26. The number of carbonyl (C=O) groups excluding carboxylic acids is 1. The lowest BCUT2D eigenvalue weighted by atomic mass is 9.79. The summed E-state index contributed by atoms with van der Waals surface area (Å²) in [5, 5.41) is 11.8. The van der Waals surface area contributed by atoms with Gasteiger partial charge in [0.15, 0.2) is 0 Å². The van der Waals surface area contributed by atoms with E-state index in [1.807, 2.05) is 0 Å². The summed E-state index contributed by atoms with van der Waals surface area (Å²) in [6.45, 7) is 2.21. The number of aromatic carboxylic acids is 1. The lowest BCUT2D eigenvalue weighted by Gasteiger charge is -2.27. The molecule has 0 bridgehead atoms. The third kappa shape index (κ3) is 4.58. The number of rotatable bonds is 6. The third-order valence-electron chi connectivity index (χ3n) is 4.56. The molecule has 0 aliphatic heterocycles. The molecule has 1 fully saturated rings. The topological polar surface area (TPSA) is 66.4 Å². The van der Waals surface area contributed by atoms with Gasteiger partial charge >= 0.3 is 5.97 Å². The molecule has 0 heterocycles. The number of nitrogens with one attached hydrogen (secondary N) is 1. The molecule has 1 amide bonds. The van der Waals surface area contributed by atoms with Crippen LogP contribution in [-0.2, 0) is 4.79 Å². The maximum atomic E-state index is 12.3. The van der Waals surface area contributed by atoms with Crippen molar-refractivity contribution in [3.05, 3.63) is 29.8 Å². The summed E-state index contributed by atoms with van der Waals surface area (Å²) >= 11 is 0. The van der Waals surface area contributed by atoms with Crippen LogP contribution in [0.5, 0.6) is 0 Å². The van der Waals surface area contributed by atoms with Crippen molar-refractivity contribution >= 4 is 17.6 Å². The fourth-order valence-corrected chi connectivity index (χ4v) is 3.18. The van der Waals surface area contributed by atoms with Crippen LogP contribution in [0.25, 0.3) is 0 Å². The molecular weight excluding hydrogens is 278 g/mol. The molecule has 0 atom stereocenters. The van der Waals surface area contributed by atoms with Gasteiger partial charge in [-0.3, -0.25) is 4.79 Å². The van der Waals surface area contributed by atoms with Crippen molar-refractivity contribution in [2.75, 3.05) is 5.32 Å². The maximum absolute atomic E-state index is 12.3. The van der Waals surface area contributed by atoms with Gasteiger partial charge in [-0.25, -0.2) is 4.79 Å². The zero-order valence-corrected chi connectivity index (χ0v) is 13.2. The predicted octanol–water partition coefficient (Wildman–Crippen LogP) is 4.32. The number of benzene rings is 1. The predicted molar refractivity (Wildman–Crippen MR) is 87.0 cm³/mol. The van der Waals surface area contributed by atoms with Crippen molar-refractivity contribution in [3.8, 4) is 0 Å². The molecule has 1 aromatic carbocycles. The standard InChI is InChI=1S/C18H25NO3/c1-2-3-5-13-8-10-14(11-9-13)17(20)19-16-7-4-6-15(12-16)18(21)22/h4,6-7,12-14H,2-3,5,8-11H2,1H3,(H,19,20)(H,21,22). The molecule has 4 nitrogen and oxygen atoms in total. The van der Waals surface area contributed by atoms with Crippen molar-refractivity contribution in [1.29, 1.82) is 0 Å². The Balaban J connectivity index is 1.85. The highest BCUT2D eigenvalue weighted by molar-refractivity contribution is 5.95. The van der Waals surface area contributed by atoms with E-state index in [1.165, 1.54) is 31.4 Å². The van der Waals surface area contributed by atoms with Crippen LogP contribution in [0.15, 0.2) is 24.3 Å². The Morgan fingerprint density at radius 1 is 1.23 bits per heavy atom. The van der Waals surface area contributed by atoms with Crippen LogP contribution in [-0.4, -0.2) is 17.0 Å². The fourth-order valence-electron chi connectivity index (χ4n) is 3.18. The molecule has 120 valence electrons. The van der Waals surface area contributed by atoms with Crippen LogP contribution >= 0.6 is 0 Å². The second kappa shape index (κ2) is 7.97. The van der Waals surface area contributed by atoms with E-state index in [9.17, 15) is 9.59 Å². The van der Waals surface area contributed by atoms with Crippen molar-refractivity contribution in [2.45, 2.75) is 51.9 Å². The first-order valence-corrected chi connectivity index (χ1v) is 8.24. The quantitative estimate of drug-likeness (QED) is 0.822. The van der Waals surface area contributed by atoms with Crippen LogP contribution < -0.4 is 5.32 Å². The van der Waals surface area contributed by atoms with Crippen LogP contribution in [0, 0.1) is 11.8 Å². The van der Waals surface area contributed by atoms with Crippen molar-refractivity contribution in [3.63, 3.8) is 0 Å². The Labute approximate surface area is 131 Å². The van der Waals surface area contributed by atoms with Gasteiger partial charge in [0.05, 0.1) is 5.56 Å². The molecule has 4 heteroatoms. The summed E-state index contributed by atoms with van der Waals surface area (Å²) in [5.41, 5.74) is 0.763. The minimum Gasteiger partial charge on any atom is -0.478 e. The molecular formula is C18H25NO3. The summed E-state index contributed by atoms with van der Waals surface area (Å²) in [6, 6.07) is 6.42. The monoisotopic (exact) mass is 303 g/mol. The van der Waals surface area contributed by atoms with E-state index in [2.05, 4.69) is 12.2 Å². The van der Waals surface area contributed by atoms with Crippen LogP contribution in [0.4, 0.5) is 5.69 Å². The number of amides is 1. The van der Waals surface area contributed by atoms with Crippen molar-refractivity contribution < 1.29 is 14.7 Å². The normalized spacial score (nSPS) is 21.3. The van der Waals surface area contributed by atoms with Gasteiger partial charge in [0.2, 0.25) is 5.91 Å². The summed E-state index contributed by atoms with van der Waals surface area (Å²) in [6.07, 6.45) is 7.95. The first-order chi connectivity index (χ1) is 10.6. The highest BCUT2D eigenvalue weighted by Crippen LogP contribution is 2.32. The van der Waals surface area contributed by atoms with Gasteiger partial charge in [-0.05, 0) is 49.8 Å².